The van der Waals surface area contributed by atoms with Crippen LogP contribution in [0.5, 0.6) is 0 Å². The largest absolute Gasteiger partial charge is 0.393 e. The Morgan fingerprint density at radius 3 is 2.74 bits per heavy atom. The van der Waals surface area contributed by atoms with Crippen molar-refractivity contribution in [1.29, 1.82) is 0 Å². The van der Waals surface area contributed by atoms with E-state index in [0.29, 0.717) is 24.2 Å². The molecule has 7 heteroatoms. The summed E-state index contributed by atoms with van der Waals surface area (Å²) in [4.78, 5) is 34.4. The van der Waals surface area contributed by atoms with Gasteiger partial charge >= 0.3 is 0 Å². The number of para-hydroxylation sites is 2. The van der Waals surface area contributed by atoms with Gasteiger partial charge in [0.15, 0.2) is 11.6 Å². The molecule has 4 aliphatic rings. The fourth-order valence-electron chi connectivity index (χ4n) is 7.94. The lowest BCUT2D eigenvalue weighted by Crippen LogP contribution is -2.62. The molecule has 0 saturated heterocycles. The molecular formula is C28H31N3O4. The zero-order chi connectivity index (χ0) is 24.6. The summed E-state index contributed by atoms with van der Waals surface area (Å²) >= 11 is 0. The molecule has 1 aromatic heterocycles. The number of aromatic nitrogens is 2. The van der Waals surface area contributed by atoms with E-state index in [2.05, 4.69) is 22.2 Å². The van der Waals surface area contributed by atoms with Crippen LogP contribution in [0, 0.1) is 28.6 Å². The molecular weight excluding hydrogens is 442 g/mol. The standard InChI is InChI=1S/C28H31N3O4/c1-26-11-9-17(32)13-16(26)7-8-18-19-10-12-28(35,27(19,2)14-22(33)24(18)26)25(34)31-23-15-29-20-5-3-4-6-21(20)30-23/h3-6,9,11,13,15,18-19,22,24,33,35H,7-8,10,12,14H2,1-2H3,(H,30,31,34)/t18?,19?,22-,24?,26?,27?,28-/m0/s1. The second kappa shape index (κ2) is 7.55. The van der Waals surface area contributed by atoms with Gasteiger partial charge in [-0.15, -0.1) is 0 Å². The van der Waals surface area contributed by atoms with Gasteiger partial charge in [0.1, 0.15) is 5.60 Å². The molecule has 182 valence electrons. The van der Waals surface area contributed by atoms with Gasteiger partial charge < -0.3 is 15.5 Å². The van der Waals surface area contributed by atoms with Gasteiger partial charge in [-0.2, -0.15) is 0 Å². The van der Waals surface area contributed by atoms with Crippen LogP contribution >= 0.6 is 0 Å². The minimum atomic E-state index is -1.62. The minimum absolute atomic E-state index is 0.00904. The number of benzene rings is 1. The summed E-state index contributed by atoms with van der Waals surface area (Å²) in [5.41, 5.74) is -0.269. The van der Waals surface area contributed by atoms with Gasteiger partial charge in [0.2, 0.25) is 0 Å². The quantitative estimate of drug-likeness (QED) is 0.615. The van der Waals surface area contributed by atoms with Crippen molar-refractivity contribution >= 4 is 28.5 Å². The monoisotopic (exact) mass is 473 g/mol. The van der Waals surface area contributed by atoms with E-state index >= 15 is 0 Å². The molecule has 0 bridgehead atoms. The maximum Gasteiger partial charge on any atom is 0.258 e. The third-order valence-corrected chi connectivity index (χ3v) is 9.71. The van der Waals surface area contributed by atoms with Crippen LogP contribution in [-0.4, -0.2) is 43.6 Å². The Bertz CT molecular complexity index is 1300. The van der Waals surface area contributed by atoms with Gasteiger partial charge in [-0.3, -0.25) is 14.6 Å². The van der Waals surface area contributed by atoms with Crippen molar-refractivity contribution < 1.29 is 19.8 Å². The molecule has 0 spiro atoms. The smallest absolute Gasteiger partial charge is 0.258 e. The van der Waals surface area contributed by atoms with Gasteiger partial charge in [-0.05, 0) is 68.2 Å². The Morgan fingerprint density at radius 2 is 1.94 bits per heavy atom. The minimum Gasteiger partial charge on any atom is -0.393 e. The number of anilines is 1. The van der Waals surface area contributed by atoms with Gasteiger partial charge in [0, 0.05) is 16.7 Å². The van der Waals surface area contributed by atoms with Crippen molar-refractivity contribution in [1.82, 2.24) is 9.97 Å². The highest BCUT2D eigenvalue weighted by atomic mass is 16.3. The molecule has 0 radical (unpaired) electrons. The molecule has 7 atom stereocenters. The van der Waals surface area contributed by atoms with Crippen LogP contribution in [0.1, 0.15) is 46.0 Å². The van der Waals surface area contributed by atoms with E-state index in [-0.39, 0.29) is 29.0 Å². The number of carbonyl (C=O) groups excluding carboxylic acids is 2. The summed E-state index contributed by atoms with van der Waals surface area (Å²) in [6, 6.07) is 7.43. The molecule has 0 aliphatic heterocycles. The Morgan fingerprint density at radius 1 is 1.17 bits per heavy atom. The summed E-state index contributed by atoms with van der Waals surface area (Å²) in [6.45, 7) is 4.08. The highest BCUT2D eigenvalue weighted by Gasteiger charge is 2.68. The SMILES string of the molecule is CC12C=CC(=O)C=C1CCC1C2[C@@H](O)CC2(C)C1CC[C@]2(O)C(=O)Nc1cnc2ccccc2n1. The van der Waals surface area contributed by atoms with Crippen molar-refractivity contribution in [3.63, 3.8) is 0 Å². The number of fused-ring (bicyclic) bond motifs is 6. The van der Waals surface area contributed by atoms with Gasteiger partial charge in [-0.1, -0.05) is 37.6 Å². The maximum atomic E-state index is 13.6. The maximum absolute atomic E-state index is 13.6. The zero-order valence-electron chi connectivity index (χ0n) is 20.1. The second-order valence-corrected chi connectivity index (χ2v) is 11.3. The topological polar surface area (TPSA) is 112 Å². The number of ketones is 1. The normalized spacial score (nSPS) is 40.0. The lowest BCUT2D eigenvalue weighted by atomic mass is 9.46. The summed E-state index contributed by atoms with van der Waals surface area (Å²) in [6.07, 6.45) is 9.18. The molecule has 6 rings (SSSR count). The first-order valence-electron chi connectivity index (χ1n) is 12.5. The van der Waals surface area contributed by atoms with E-state index in [0.717, 1.165) is 30.4 Å². The molecule has 3 fully saturated rings. The fraction of sp³-hybridized carbons (Fsp3) is 0.500. The van der Waals surface area contributed by atoms with Crippen molar-refractivity contribution in [2.24, 2.45) is 28.6 Å². The van der Waals surface area contributed by atoms with Crippen LogP contribution < -0.4 is 5.32 Å². The third kappa shape index (κ3) is 3.10. The average molecular weight is 474 g/mol. The summed E-state index contributed by atoms with van der Waals surface area (Å²) in [5, 5.41) is 26.2. The summed E-state index contributed by atoms with van der Waals surface area (Å²) in [7, 11) is 0. The number of amides is 1. The first-order chi connectivity index (χ1) is 16.7. The molecule has 35 heavy (non-hydrogen) atoms. The molecule has 3 N–H and O–H groups in total. The Labute approximate surface area is 204 Å². The number of hydrogen-bond donors (Lipinski definition) is 3. The Balaban J connectivity index is 1.30. The number of aliphatic hydroxyl groups is 2. The summed E-state index contributed by atoms with van der Waals surface area (Å²) in [5.74, 6) is 0.0464. The highest BCUT2D eigenvalue weighted by molar-refractivity contribution is 6.01. The molecule has 7 nitrogen and oxygen atoms in total. The first-order valence-corrected chi connectivity index (χ1v) is 12.5. The van der Waals surface area contributed by atoms with Crippen LogP contribution in [0.2, 0.25) is 0 Å². The average Bonchev–Trinajstić information content (AvgIpc) is 3.10. The predicted molar refractivity (Wildman–Crippen MR) is 131 cm³/mol. The van der Waals surface area contributed by atoms with E-state index < -0.39 is 23.0 Å². The number of nitrogens with zero attached hydrogens (tertiary/aromatic N) is 2. The Kier molecular flexibility index (Phi) is 4.86. The van der Waals surface area contributed by atoms with Crippen molar-refractivity contribution in [2.45, 2.75) is 57.7 Å². The molecule has 3 saturated carbocycles. The number of allylic oxidation sites excluding steroid dienone is 4. The lowest BCUT2D eigenvalue weighted by molar-refractivity contribution is -0.174. The highest BCUT2D eigenvalue weighted by Crippen LogP contribution is 2.67. The zero-order valence-corrected chi connectivity index (χ0v) is 20.1. The fourth-order valence-corrected chi connectivity index (χ4v) is 7.94. The van der Waals surface area contributed by atoms with E-state index in [9.17, 15) is 19.8 Å². The summed E-state index contributed by atoms with van der Waals surface area (Å²) < 4.78 is 0. The number of carbonyl (C=O) groups is 2. The lowest BCUT2D eigenvalue weighted by Gasteiger charge is -2.59. The van der Waals surface area contributed by atoms with Crippen LogP contribution in [0.4, 0.5) is 5.82 Å². The van der Waals surface area contributed by atoms with Crippen LogP contribution in [0.15, 0.2) is 54.3 Å². The van der Waals surface area contributed by atoms with Gasteiger partial charge in [0.05, 0.1) is 23.3 Å². The molecule has 1 heterocycles. The molecule has 1 aromatic carbocycles. The van der Waals surface area contributed by atoms with Crippen molar-refractivity contribution in [2.75, 3.05) is 5.32 Å². The van der Waals surface area contributed by atoms with E-state index in [1.54, 1.807) is 12.2 Å². The van der Waals surface area contributed by atoms with Crippen molar-refractivity contribution in [3.8, 4) is 0 Å². The first kappa shape index (κ1) is 22.6. The molecule has 2 aromatic rings. The molecule has 5 unspecified atom stereocenters. The second-order valence-electron chi connectivity index (χ2n) is 11.3. The predicted octanol–water partition coefficient (Wildman–Crippen LogP) is 3.58. The number of rotatable bonds is 2. The van der Waals surface area contributed by atoms with E-state index in [1.807, 2.05) is 37.3 Å². The molecule has 1 amide bonds. The van der Waals surface area contributed by atoms with Crippen LogP contribution in [0.3, 0.4) is 0 Å². The number of nitrogens with one attached hydrogen (secondary N) is 1. The van der Waals surface area contributed by atoms with Gasteiger partial charge in [-0.25, -0.2) is 4.98 Å². The van der Waals surface area contributed by atoms with Gasteiger partial charge in [0.25, 0.3) is 5.91 Å². The number of aliphatic hydroxyl groups excluding tert-OH is 1. The van der Waals surface area contributed by atoms with Crippen molar-refractivity contribution in [3.05, 3.63) is 54.3 Å². The van der Waals surface area contributed by atoms with Crippen LogP contribution in [-0.2, 0) is 9.59 Å². The number of hydrogen-bond acceptors (Lipinski definition) is 6. The van der Waals surface area contributed by atoms with E-state index in [1.165, 1.54) is 6.20 Å². The molecule has 4 aliphatic carbocycles. The van der Waals surface area contributed by atoms with Crippen LogP contribution in [0.25, 0.3) is 11.0 Å². The third-order valence-electron chi connectivity index (χ3n) is 9.71. The Hall–Kier alpha value is -2.90. The van der Waals surface area contributed by atoms with E-state index in [4.69, 9.17) is 0 Å².